The maximum Gasteiger partial charge on any atom is 0.159 e. The van der Waals surface area contributed by atoms with Crippen LogP contribution in [0.2, 0.25) is 0 Å². The maximum absolute atomic E-state index is 5.41. The monoisotopic (exact) mass is 742 g/mol. The van der Waals surface area contributed by atoms with Crippen molar-refractivity contribution in [2.24, 2.45) is 9.98 Å². The molecular formula is C52H34N6. The SMILES string of the molecule is c1ccc(-n2c3ccccc3c3cc4c5ccccc5n(-c5cccc(C6=NC(c7ccc8ccccc8c7)=NC(c7ccc8ccccc8c7)N6)n5)c4cc32)cc1. The van der Waals surface area contributed by atoms with Crippen LogP contribution in [-0.2, 0) is 0 Å². The Labute approximate surface area is 333 Å². The van der Waals surface area contributed by atoms with E-state index in [-0.39, 0.29) is 6.17 Å². The lowest BCUT2D eigenvalue weighted by atomic mass is 10.0. The van der Waals surface area contributed by atoms with Crippen LogP contribution in [0.3, 0.4) is 0 Å². The predicted octanol–water partition coefficient (Wildman–Crippen LogP) is 12.1. The molecule has 1 unspecified atom stereocenters. The summed E-state index contributed by atoms with van der Waals surface area (Å²) in [4.78, 5) is 15.8. The van der Waals surface area contributed by atoms with Crippen LogP contribution in [-0.4, -0.2) is 25.8 Å². The molecule has 8 aromatic carbocycles. The fourth-order valence-electron chi connectivity index (χ4n) is 8.80. The second-order valence-corrected chi connectivity index (χ2v) is 14.9. The third-order valence-electron chi connectivity index (χ3n) is 11.5. The Balaban J connectivity index is 1.04. The van der Waals surface area contributed by atoms with Gasteiger partial charge in [-0.2, -0.15) is 0 Å². The van der Waals surface area contributed by atoms with Gasteiger partial charge in [-0.1, -0.05) is 133 Å². The van der Waals surface area contributed by atoms with Gasteiger partial charge in [0.05, 0.1) is 22.1 Å². The van der Waals surface area contributed by atoms with Gasteiger partial charge >= 0.3 is 0 Å². The predicted molar refractivity (Wildman–Crippen MR) is 240 cm³/mol. The van der Waals surface area contributed by atoms with E-state index in [0.29, 0.717) is 11.7 Å². The standard InChI is InChI=1S/C52H34N6/c1-2-17-39(18-3-1)57-45-22-10-8-19-40(45)42-31-43-41-20-9-11-23-46(41)58(48(43)32-47(42)57)49-24-12-21-44(53-49)52-55-50(37-27-25-33-13-4-6-15-35(33)29-37)54-51(56-52)38-28-26-34-14-5-7-16-36(34)30-38/h1-32,50H,(H,54,55,56). The number of hydrogen-bond donors (Lipinski definition) is 1. The lowest BCUT2D eigenvalue weighted by molar-refractivity contribution is 0.673. The molecule has 11 aromatic rings. The highest BCUT2D eigenvalue weighted by Crippen LogP contribution is 2.39. The fraction of sp³-hybridized carbons (Fsp3) is 0.0192. The number of benzene rings is 8. The second-order valence-electron chi connectivity index (χ2n) is 14.9. The van der Waals surface area contributed by atoms with Crippen LogP contribution < -0.4 is 5.32 Å². The molecule has 4 heterocycles. The van der Waals surface area contributed by atoms with Gasteiger partial charge in [-0.25, -0.2) is 15.0 Å². The molecule has 0 saturated carbocycles. The van der Waals surface area contributed by atoms with Gasteiger partial charge in [0, 0.05) is 32.8 Å². The van der Waals surface area contributed by atoms with Gasteiger partial charge in [-0.05, 0) is 87.8 Å². The highest BCUT2D eigenvalue weighted by atomic mass is 15.2. The highest BCUT2D eigenvalue weighted by Gasteiger charge is 2.24. The first-order valence-corrected chi connectivity index (χ1v) is 19.6. The summed E-state index contributed by atoms with van der Waals surface area (Å²) in [5, 5.41) is 13.2. The van der Waals surface area contributed by atoms with Crippen LogP contribution in [0.15, 0.2) is 204 Å². The summed E-state index contributed by atoms with van der Waals surface area (Å²) >= 11 is 0. The minimum atomic E-state index is -0.370. The van der Waals surface area contributed by atoms with Gasteiger partial charge in [-0.3, -0.25) is 4.57 Å². The van der Waals surface area contributed by atoms with Crippen molar-refractivity contribution >= 4 is 76.8 Å². The third-order valence-corrected chi connectivity index (χ3v) is 11.5. The van der Waals surface area contributed by atoms with E-state index in [2.05, 4.69) is 203 Å². The van der Waals surface area contributed by atoms with E-state index in [1.165, 1.54) is 43.2 Å². The number of amidine groups is 2. The molecule has 1 aliphatic heterocycles. The molecule has 0 bridgehead atoms. The van der Waals surface area contributed by atoms with Gasteiger partial charge in [0.2, 0.25) is 0 Å². The zero-order valence-corrected chi connectivity index (χ0v) is 31.3. The van der Waals surface area contributed by atoms with Gasteiger partial charge in [0.15, 0.2) is 11.7 Å². The van der Waals surface area contributed by atoms with Crippen LogP contribution in [0.5, 0.6) is 0 Å². The lowest BCUT2D eigenvalue weighted by Crippen LogP contribution is -2.34. The topological polar surface area (TPSA) is 59.5 Å². The van der Waals surface area contributed by atoms with Crippen LogP contribution in [0, 0.1) is 0 Å². The number of pyridine rings is 1. The molecule has 3 aromatic heterocycles. The van der Waals surface area contributed by atoms with Crippen molar-refractivity contribution in [2.45, 2.75) is 6.17 Å². The third kappa shape index (κ3) is 5.16. The minimum absolute atomic E-state index is 0.370. The molecule has 0 spiro atoms. The molecule has 58 heavy (non-hydrogen) atoms. The first-order chi connectivity index (χ1) is 28.7. The number of hydrogen-bond acceptors (Lipinski definition) is 4. The Bertz CT molecular complexity index is 3500. The van der Waals surface area contributed by atoms with Crippen LogP contribution in [0.25, 0.3) is 76.7 Å². The molecule has 1 aliphatic rings. The quantitative estimate of drug-likeness (QED) is 0.191. The van der Waals surface area contributed by atoms with Crippen molar-refractivity contribution in [3.8, 4) is 11.5 Å². The van der Waals surface area contributed by atoms with E-state index in [1.807, 2.05) is 6.07 Å². The number of aromatic nitrogens is 3. The summed E-state index contributed by atoms with van der Waals surface area (Å²) in [6.45, 7) is 0. The van der Waals surface area contributed by atoms with E-state index in [9.17, 15) is 0 Å². The average molecular weight is 743 g/mol. The molecule has 272 valence electrons. The molecule has 0 saturated heterocycles. The molecule has 1 N–H and O–H groups in total. The van der Waals surface area contributed by atoms with Crippen molar-refractivity contribution in [3.05, 3.63) is 211 Å². The first-order valence-electron chi connectivity index (χ1n) is 19.6. The van der Waals surface area contributed by atoms with Crippen molar-refractivity contribution in [3.63, 3.8) is 0 Å². The fourth-order valence-corrected chi connectivity index (χ4v) is 8.80. The van der Waals surface area contributed by atoms with Crippen molar-refractivity contribution in [1.29, 1.82) is 0 Å². The molecule has 6 heteroatoms. The van der Waals surface area contributed by atoms with E-state index >= 15 is 0 Å². The normalized spacial score (nSPS) is 14.4. The largest absolute Gasteiger partial charge is 0.343 e. The Morgan fingerprint density at radius 3 is 1.81 bits per heavy atom. The minimum Gasteiger partial charge on any atom is -0.343 e. The summed E-state index contributed by atoms with van der Waals surface area (Å²) in [7, 11) is 0. The van der Waals surface area contributed by atoms with Crippen LogP contribution in [0.4, 0.5) is 0 Å². The zero-order chi connectivity index (χ0) is 38.2. The highest BCUT2D eigenvalue weighted by molar-refractivity contribution is 6.19. The number of nitrogens with one attached hydrogen (secondary N) is 1. The van der Waals surface area contributed by atoms with Crippen LogP contribution in [0.1, 0.15) is 23.0 Å². The molecular weight excluding hydrogens is 709 g/mol. The van der Waals surface area contributed by atoms with Gasteiger partial charge in [-0.15, -0.1) is 0 Å². The van der Waals surface area contributed by atoms with E-state index in [1.54, 1.807) is 0 Å². The molecule has 0 fully saturated rings. The first kappa shape index (κ1) is 32.4. The van der Waals surface area contributed by atoms with Gasteiger partial charge in [0.1, 0.15) is 17.7 Å². The maximum atomic E-state index is 5.41. The summed E-state index contributed by atoms with van der Waals surface area (Å²) in [6.07, 6.45) is -0.370. The number of aliphatic imine (C=N–C) groups is 2. The summed E-state index contributed by atoms with van der Waals surface area (Å²) in [5.74, 6) is 2.15. The zero-order valence-electron chi connectivity index (χ0n) is 31.3. The molecule has 1 atom stereocenters. The molecule has 6 nitrogen and oxygen atoms in total. The van der Waals surface area contributed by atoms with Crippen molar-refractivity contribution in [1.82, 2.24) is 19.4 Å². The number of rotatable bonds is 5. The molecule has 0 aliphatic carbocycles. The molecule has 0 amide bonds. The van der Waals surface area contributed by atoms with E-state index in [0.717, 1.165) is 50.3 Å². The number of nitrogens with zero attached hydrogens (tertiary/aromatic N) is 5. The number of para-hydroxylation sites is 3. The summed E-state index contributed by atoms with van der Waals surface area (Å²) in [5.41, 5.74) is 8.39. The summed E-state index contributed by atoms with van der Waals surface area (Å²) < 4.78 is 4.67. The van der Waals surface area contributed by atoms with Crippen LogP contribution >= 0.6 is 0 Å². The Morgan fingerprint density at radius 1 is 0.431 bits per heavy atom. The molecule has 12 rings (SSSR count). The van der Waals surface area contributed by atoms with Crippen molar-refractivity contribution in [2.75, 3.05) is 0 Å². The lowest BCUT2D eigenvalue weighted by Gasteiger charge is -2.24. The van der Waals surface area contributed by atoms with E-state index in [4.69, 9.17) is 15.0 Å². The average Bonchev–Trinajstić information content (AvgIpc) is 3.80. The summed E-state index contributed by atoms with van der Waals surface area (Å²) in [6, 6.07) is 68.7. The smallest absolute Gasteiger partial charge is 0.159 e. The van der Waals surface area contributed by atoms with Gasteiger partial charge < -0.3 is 9.88 Å². The Kier molecular flexibility index (Phi) is 7.19. The van der Waals surface area contributed by atoms with Crippen molar-refractivity contribution < 1.29 is 0 Å². The second kappa shape index (κ2) is 12.9. The molecule has 0 radical (unpaired) electrons. The number of fused-ring (bicyclic) bond motifs is 8. The van der Waals surface area contributed by atoms with Gasteiger partial charge in [0.25, 0.3) is 0 Å². The van der Waals surface area contributed by atoms with E-state index < -0.39 is 0 Å². The Hall–Kier alpha value is -7.83. The Morgan fingerprint density at radius 2 is 1.05 bits per heavy atom.